The molecule has 0 aliphatic heterocycles. The summed E-state index contributed by atoms with van der Waals surface area (Å²) in [6.45, 7) is 3.50. The Morgan fingerprint density at radius 1 is 1.16 bits per heavy atom. The number of fused-ring (bicyclic) bond motifs is 1. The molecule has 132 valence electrons. The molecule has 0 spiro atoms. The molecule has 0 bridgehead atoms. The zero-order chi connectivity index (χ0) is 17.7. The lowest BCUT2D eigenvalue weighted by molar-refractivity contribution is 0.0970. The SMILES string of the molecule is COCC(C)(CCO)NCc1ccc(-n2cnc3ccccc32)cc1. The summed E-state index contributed by atoms with van der Waals surface area (Å²) in [7, 11) is 1.68. The summed E-state index contributed by atoms with van der Waals surface area (Å²) >= 11 is 0. The number of rotatable bonds is 8. The molecule has 1 unspecified atom stereocenters. The molecule has 0 radical (unpaired) electrons. The topological polar surface area (TPSA) is 59.3 Å². The average Bonchev–Trinajstić information content (AvgIpc) is 3.05. The number of aliphatic hydroxyl groups is 1. The maximum absolute atomic E-state index is 9.25. The van der Waals surface area contributed by atoms with Crippen molar-refractivity contribution in [3.05, 3.63) is 60.4 Å². The highest BCUT2D eigenvalue weighted by Crippen LogP contribution is 2.19. The molecule has 2 N–H and O–H groups in total. The van der Waals surface area contributed by atoms with Gasteiger partial charge < -0.3 is 15.2 Å². The van der Waals surface area contributed by atoms with Gasteiger partial charge in [0.1, 0.15) is 6.33 Å². The summed E-state index contributed by atoms with van der Waals surface area (Å²) in [5.41, 5.74) is 4.14. The van der Waals surface area contributed by atoms with Crippen LogP contribution >= 0.6 is 0 Å². The van der Waals surface area contributed by atoms with E-state index < -0.39 is 0 Å². The van der Waals surface area contributed by atoms with Gasteiger partial charge in [0.15, 0.2) is 0 Å². The van der Waals surface area contributed by atoms with Gasteiger partial charge in [0.2, 0.25) is 0 Å². The zero-order valence-electron chi connectivity index (χ0n) is 14.8. The van der Waals surface area contributed by atoms with Gasteiger partial charge in [0, 0.05) is 31.5 Å². The molecule has 0 saturated carbocycles. The molecular formula is C20H25N3O2. The van der Waals surface area contributed by atoms with Gasteiger partial charge in [-0.2, -0.15) is 0 Å². The van der Waals surface area contributed by atoms with Crippen LogP contribution < -0.4 is 5.32 Å². The van der Waals surface area contributed by atoms with Crippen molar-refractivity contribution < 1.29 is 9.84 Å². The second-order valence-corrected chi connectivity index (χ2v) is 6.59. The van der Waals surface area contributed by atoms with Crippen molar-refractivity contribution in [2.45, 2.75) is 25.4 Å². The van der Waals surface area contributed by atoms with Gasteiger partial charge in [-0.05, 0) is 43.2 Å². The minimum atomic E-state index is -0.233. The molecule has 5 nitrogen and oxygen atoms in total. The van der Waals surface area contributed by atoms with E-state index in [9.17, 15) is 5.11 Å². The van der Waals surface area contributed by atoms with Crippen LogP contribution in [0.5, 0.6) is 0 Å². The fourth-order valence-corrected chi connectivity index (χ4v) is 3.03. The van der Waals surface area contributed by atoms with Crippen LogP contribution in [0.25, 0.3) is 16.7 Å². The number of para-hydroxylation sites is 2. The van der Waals surface area contributed by atoms with E-state index in [-0.39, 0.29) is 12.1 Å². The lowest BCUT2D eigenvalue weighted by atomic mass is 9.99. The van der Waals surface area contributed by atoms with E-state index in [0.717, 1.165) is 23.3 Å². The molecule has 1 heterocycles. The van der Waals surface area contributed by atoms with E-state index in [4.69, 9.17) is 4.74 Å². The zero-order valence-corrected chi connectivity index (χ0v) is 14.8. The second-order valence-electron chi connectivity index (χ2n) is 6.59. The minimum Gasteiger partial charge on any atom is -0.396 e. The summed E-state index contributed by atoms with van der Waals surface area (Å²) in [6.07, 6.45) is 2.51. The first-order chi connectivity index (χ1) is 12.1. The molecule has 0 amide bonds. The van der Waals surface area contributed by atoms with Crippen LogP contribution in [0, 0.1) is 0 Å². The Morgan fingerprint density at radius 2 is 1.92 bits per heavy atom. The normalized spacial score (nSPS) is 13.9. The molecule has 2 aromatic carbocycles. The first kappa shape index (κ1) is 17.6. The van der Waals surface area contributed by atoms with Crippen molar-refractivity contribution >= 4 is 11.0 Å². The van der Waals surface area contributed by atoms with E-state index in [1.165, 1.54) is 5.56 Å². The molecule has 1 atom stereocenters. The minimum absolute atomic E-state index is 0.138. The summed E-state index contributed by atoms with van der Waals surface area (Å²) in [4.78, 5) is 4.44. The predicted octanol–water partition coefficient (Wildman–Crippen LogP) is 2.90. The molecule has 0 fully saturated rings. The Labute approximate surface area is 148 Å². The number of nitrogens with zero attached hydrogens (tertiary/aromatic N) is 2. The third-order valence-electron chi connectivity index (χ3n) is 4.51. The Bertz CT molecular complexity index is 805. The quantitative estimate of drug-likeness (QED) is 0.662. The van der Waals surface area contributed by atoms with E-state index in [0.29, 0.717) is 13.0 Å². The first-order valence-corrected chi connectivity index (χ1v) is 8.51. The molecule has 5 heteroatoms. The van der Waals surface area contributed by atoms with Crippen LogP contribution in [-0.4, -0.2) is 40.5 Å². The largest absolute Gasteiger partial charge is 0.396 e. The van der Waals surface area contributed by atoms with E-state index in [2.05, 4.69) is 52.1 Å². The van der Waals surface area contributed by atoms with Crippen molar-refractivity contribution in [3.8, 4) is 5.69 Å². The van der Waals surface area contributed by atoms with Crippen LogP contribution in [0.15, 0.2) is 54.9 Å². The van der Waals surface area contributed by atoms with Gasteiger partial charge in [-0.15, -0.1) is 0 Å². The molecule has 0 aliphatic rings. The fourth-order valence-electron chi connectivity index (χ4n) is 3.03. The van der Waals surface area contributed by atoms with E-state index >= 15 is 0 Å². The monoisotopic (exact) mass is 339 g/mol. The Kier molecular flexibility index (Phi) is 5.48. The number of ether oxygens (including phenoxy) is 1. The van der Waals surface area contributed by atoms with Crippen LogP contribution in [0.4, 0.5) is 0 Å². The predicted molar refractivity (Wildman–Crippen MR) is 99.9 cm³/mol. The fraction of sp³-hybridized carbons (Fsp3) is 0.350. The summed E-state index contributed by atoms with van der Waals surface area (Å²) < 4.78 is 7.36. The number of aromatic nitrogens is 2. The number of imidazole rings is 1. The standard InChI is InChI=1S/C20H25N3O2/c1-20(11-12-24,14-25-2)22-13-16-7-9-17(10-8-16)23-15-21-18-5-3-4-6-19(18)23/h3-10,15,22,24H,11-14H2,1-2H3. The van der Waals surface area contributed by atoms with Crippen molar-refractivity contribution in [1.29, 1.82) is 0 Å². The van der Waals surface area contributed by atoms with Gasteiger partial charge >= 0.3 is 0 Å². The van der Waals surface area contributed by atoms with Crippen LogP contribution in [0.1, 0.15) is 18.9 Å². The second kappa shape index (κ2) is 7.78. The average molecular weight is 339 g/mol. The first-order valence-electron chi connectivity index (χ1n) is 8.51. The molecular weight excluding hydrogens is 314 g/mol. The number of nitrogens with one attached hydrogen (secondary N) is 1. The number of benzene rings is 2. The van der Waals surface area contributed by atoms with E-state index in [1.54, 1.807) is 7.11 Å². The molecule has 3 rings (SSSR count). The van der Waals surface area contributed by atoms with Crippen LogP contribution in [0.2, 0.25) is 0 Å². The maximum Gasteiger partial charge on any atom is 0.100 e. The van der Waals surface area contributed by atoms with Crippen molar-refractivity contribution in [2.24, 2.45) is 0 Å². The lowest BCUT2D eigenvalue weighted by Gasteiger charge is -2.29. The highest BCUT2D eigenvalue weighted by molar-refractivity contribution is 5.77. The van der Waals surface area contributed by atoms with Gasteiger partial charge in [0.25, 0.3) is 0 Å². The van der Waals surface area contributed by atoms with E-state index in [1.807, 2.05) is 24.5 Å². The van der Waals surface area contributed by atoms with Crippen molar-refractivity contribution in [2.75, 3.05) is 20.3 Å². The third-order valence-corrected chi connectivity index (χ3v) is 4.51. The van der Waals surface area contributed by atoms with Gasteiger partial charge in [0.05, 0.1) is 17.6 Å². The number of hydrogen-bond acceptors (Lipinski definition) is 4. The Hall–Kier alpha value is -2.21. The summed E-state index contributed by atoms with van der Waals surface area (Å²) in [5, 5.41) is 12.7. The molecule has 1 aromatic heterocycles. The van der Waals surface area contributed by atoms with Crippen molar-refractivity contribution in [1.82, 2.24) is 14.9 Å². The van der Waals surface area contributed by atoms with Crippen LogP contribution in [-0.2, 0) is 11.3 Å². The van der Waals surface area contributed by atoms with Gasteiger partial charge in [-0.25, -0.2) is 4.98 Å². The van der Waals surface area contributed by atoms with Crippen molar-refractivity contribution in [3.63, 3.8) is 0 Å². The summed E-state index contributed by atoms with van der Waals surface area (Å²) in [6, 6.07) is 16.5. The Morgan fingerprint density at radius 3 is 2.64 bits per heavy atom. The molecule has 0 saturated heterocycles. The molecule has 3 aromatic rings. The number of methoxy groups -OCH3 is 1. The van der Waals surface area contributed by atoms with Gasteiger partial charge in [-0.1, -0.05) is 24.3 Å². The maximum atomic E-state index is 9.25. The number of aliphatic hydroxyl groups excluding tert-OH is 1. The number of hydrogen-bond donors (Lipinski definition) is 2. The molecule has 0 aliphatic carbocycles. The molecule has 25 heavy (non-hydrogen) atoms. The van der Waals surface area contributed by atoms with Crippen LogP contribution in [0.3, 0.4) is 0 Å². The third kappa shape index (κ3) is 4.07. The highest BCUT2D eigenvalue weighted by Gasteiger charge is 2.22. The Balaban J connectivity index is 1.72. The highest BCUT2D eigenvalue weighted by atomic mass is 16.5. The smallest absolute Gasteiger partial charge is 0.100 e. The lowest BCUT2D eigenvalue weighted by Crippen LogP contribution is -2.46. The van der Waals surface area contributed by atoms with Gasteiger partial charge in [-0.3, -0.25) is 4.57 Å². The summed E-state index contributed by atoms with van der Waals surface area (Å²) in [5.74, 6) is 0.